The Morgan fingerprint density at radius 2 is 0.806 bits per heavy atom. The van der Waals surface area contributed by atoms with Crippen molar-refractivity contribution in [1.82, 2.24) is 0 Å². The van der Waals surface area contributed by atoms with Gasteiger partial charge in [0, 0.05) is 0 Å². The van der Waals surface area contributed by atoms with Crippen molar-refractivity contribution >= 4 is 8.32 Å². The molecule has 3 saturated carbocycles. The molecule has 0 bridgehead atoms. The van der Waals surface area contributed by atoms with Crippen molar-refractivity contribution < 1.29 is 31.1 Å². The van der Waals surface area contributed by atoms with Gasteiger partial charge in [0.15, 0.2) is 0 Å². The normalized spacial score (nSPS) is 25.8. The van der Waals surface area contributed by atoms with Gasteiger partial charge in [0.25, 0.3) is 0 Å². The van der Waals surface area contributed by atoms with Gasteiger partial charge in [-0.1, -0.05) is 0 Å². The van der Waals surface area contributed by atoms with Crippen molar-refractivity contribution in [1.29, 1.82) is 0 Å². The quantitative estimate of drug-likeness (QED) is 0.198. The van der Waals surface area contributed by atoms with Crippen LogP contribution in [0.15, 0.2) is 0 Å². The summed E-state index contributed by atoms with van der Waals surface area (Å²) in [6.07, 6.45) is 23.9. The first-order valence-electron chi connectivity index (χ1n) is 16.1. The van der Waals surface area contributed by atoms with Crippen molar-refractivity contribution in [3.63, 3.8) is 0 Å². The molecule has 3 fully saturated rings. The van der Waals surface area contributed by atoms with Gasteiger partial charge in [-0.3, -0.25) is 0 Å². The molecule has 0 N–H and O–H groups in total. The second-order valence-electron chi connectivity index (χ2n) is 12.5. The minimum atomic E-state index is -4.07. The Morgan fingerprint density at radius 3 is 1.06 bits per heavy atom. The van der Waals surface area contributed by atoms with Crippen molar-refractivity contribution in [3.8, 4) is 0 Å². The van der Waals surface area contributed by atoms with Crippen molar-refractivity contribution in [2.24, 2.45) is 0 Å². The van der Waals surface area contributed by atoms with E-state index in [1.165, 1.54) is 96.3 Å². The van der Waals surface area contributed by atoms with Gasteiger partial charge in [-0.25, -0.2) is 0 Å². The molecule has 0 spiro atoms. The van der Waals surface area contributed by atoms with E-state index >= 15 is 0 Å². The molecule has 0 radical (unpaired) electrons. The Balaban J connectivity index is 2.13. The van der Waals surface area contributed by atoms with Crippen LogP contribution in [0.2, 0.25) is 16.6 Å². The topological polar surface area (TPSA) is 36.9 Å². The molecule has 3 rings (SSSR count). The predicted molar refractivity (Wildman–Crippen MR) is 150 cm³/mol. The molecule has 0 heterocycles. The van der Waals surface area contributed by atoms with Crippen LogP contribution < -0.4 is 0 Å². The Bertz CT molecular complexity index is 525. The summed E-state index contributed by atoms with van der Waals surface area (Å²) in [5.41, 5.74) is 2.26. The van der Waals surface area contributed by atoms with Crippen LogP contribution in [0.5, 0.6) is 0 Å². The van der Waals surface area contributed by atoms with Crippen LogP contribution >= 0.6 is 0 Å². The zero-order chi connectivity index (χ0) is 26.0. The SMILES string of the molecule is CCC(C)[O][Ti]([O]C(C)CC)([O]C(C)CC)[O][Si](C1CCCCC1)(C1CCCCC1)C1CCCCC1. The van der Waals surface area contributed by atoms with E-state index in [-0.39, 0.29) is 18.3 Å². The molecule has 0 aromatic carbocycles. The average molecular weight is 561 g/mol. The van der Waals surface area contributed by atoms with Gasteiger partial charge in [-0.2, -0.15) is 0 Å². The molecule has 4 nitrogen and oxygen atoms in total. The van der Waals surface area contributed by atoms with Crippen LogP contribution in [0.3, 0.4) is 0 Å². The van der Waals surface area contributed by atoms with Gasteiger partial charge in [-0.15, -0.1) is 0 Å². The van der Waals surface area contributed by atoms with E-state index in [0.717, 1.165) is 35.9 Å². The molecule has 3 atom stereocenters. The summed E-state index contributed by atoms with van der Waals surface area (Å²) in [6.45, 7) is 13.3. The summed E-state index contributed by atoms with van der Waals surface area (Å²) in [5.74, 6) is 0. The van der Waals surface area contributed by atoms with Crippen LogP contribution in [0.25, 0.3) is 0 Å². The summed E-state index contributed by atoms with van der Waals surface area (Å²) in [5, 5.41) is 0. The molecule has 212 valence electrons. The molecule has 0 aromatic heterocycles. The molecule has 3 aliphatic carbocycles. The fourth-order valence-corrected chi connectivity index (χ4v) is 22.7. The molecule has 0 amide bonds. The van der Waals surface area contributed by atoms with E-state index in [2.05, 4.69) is 41.5 Å². The van der Waals surface area contributed by atoms with Crippen LogP contribution in [-0.4, -0.2) is 26.6 Å². The van der Waals surface area contributed by atoms with Gasteiger partial charge in [0.2, 0.25) is 0 Å². The van der Waals surface area contributed by atoms with Gasteiger partial charge in [-0.05, 0) is 0 Å². The van der Waals surface area contributed by atoms with Crippen LogP contribution in [0, 0.1) is 0 Å². The molecule has 6 heteroatoms. The Hall–Kier alpha value is 0.771. The maximum atomic E-state index is 8.02. The summed E-state index contributed by atoms with van der Waals surface area (Å²) in [6, 6.07) is 0. The average Bonchev–Trinajstić information content (AvgIpc) is 2.93. The van der Waals surface area contributed by atoms with E-state index in [4.69, 9.17) is 13.0 Å². The van der Waals surface area contributed by atoms with E-state index in [1.54, 1.807) is 0 Å². The van der Waals surface area contributed by atoms with Gasteiger partial charge < -0.3 is 0 Å². The molecular weight excluding hydrogens is 500 g/mol. The molecular formula is C30H60O4SiTi. The van der Waals surface area contributed by atoms with Crippen molar-refractivity contribution in [2.75, 3.05) is 0 Å². The summed E-state index contributed by atoms with van der Waals surface area (Å²) >= 11 is -4.07. The first kappa shape index (κ1) is 31.3. The molecule has 0 aromatic rings. The number of hydrogen-bond acceptors (Lipinski definition) is 4. The first-order chi connectivity index (χ1) is 17.4. The Morgan fingerprint density at radius 1 is 0.528 bits per heavy atom. The van der Waals surface area contributed by atoms with Gasteiger partial charge >= 0.3 is 231 Å². The predicted octanol–water partition coefficient (Wildman–Crippen LogP) is 10.2. The molecule has 0 aliphatic heterocycles. The van der Waals surface area contributed by atoms with E-state index < -0.39 is 26.5 Å². The van der Waals surface area contributed by atoms with Crippen LogP contribution in [0.4, 0.5) is 0 Å². The third kappa shape index (κ3) is 8.15. The monoisotopic (exact) mass is 560 g/mol. The second-order valence-corrected chi connectivity index (χ2v) is 20.5. The van der Waals surface area contributed by atoms with Crippen molar-refractivity contribution in [3.05, 3.63) is 0 Å². The number of hydrogen-bond donors (Lipinski definition) is 0. The third-order valence-corrected chi connectivity index (χ3v) is 22.0. The summed E-state index contributed by atoms with van der Waals surface area (Å²) < 4.78 is 29.1. The number of rotatable bonds is 14. The Kier molecular flexibility index (Phi) is 13.5. The van der Waals surface area contributed by atoms with Crippen molar-refractivity contribution in [2.45, 2.75) is 192 Å². The molecule has 3 aliphatic rings. The van der Waals surface area contributed by atoms with E-state index in [0.29, 0.717) is 0 Å². The minimum absolute atomic E-state index is 0.105. The fourth-order valence-electron chi connectivity index (χ4n) is 7.27. The standard InChI is InChI=1S/C18H33OSi.3C4H9O.Ti/c19-20(16-10-4-1-5-11-16,17-12-6-2-7-13-17)18-14-8-3-9-15-18;3*1-3-4(2)5;/h16-18H,1-15H2;3*4H,3H2,1-2H3;/q4*-1;+4. The van der Waals surface area contributed by atoms with Crippen LogP contribution in [-0.2, 0) is 31.1 Å². The zero-order valence-corrected chi connectivity index (χ0v) is 27.4. The third-order valence-electron chi connectivity index (χ3n) is 9.79. The van der Waals surface area contributed by atoms with Gasteiger partial charge in [0.05, 0.1) is 0 Å². The first-order valence-corrected chi connectivity index (χ1v) is 20.8. The van der Waals surface area contributed by atoms with E-state index in [9.17, 15) is 0 Å². The molecule has 36 heavy (non-hydrogen) atoms. The van der Waals surface area contributed by atoms with Gasteiger partial charge in [0.1, 0.15) is 0 Å². The second kappa shape index (κ2) is 15.5. The molecule has 3 unspecified atom stereocenters. The Labute approximate surface area is 230 Å². The summed E-state index contributed by atoms with van der Waals surface area (Å²) in [7, 11) is -2.26. The molecule has 0 saturated heterocycles. The maximum absolute atomic E-state index is 8.02. The fraction of sp³-hybridized carbons (Fsp3) is 1.00. The summed E-state index contributed by atoms with van der Waals surface area (Å²) in [4.78, 5) is 0. The van der Waals surface area contributed by atoms with Crippen LogP contribution in [0.1, 0.15) is 157 Å². The van der Waals surface area contributed by atoms with E-state index in [1.807, 2.05) is 0 Å². The zero-order valence-electron chi connectivity index (χ0n) is 24.8.